The molecule has 0 amide bonds. The maximum absolute atomic E-state index is 11.0. The summed E-state index contributed by atoms with van der Waals surface area (Å²) >= 11 is 0. The van der Waals surface area contributed by atoms with Gasteiger partial charge in [0.2, 0.25) is 0 Å². The van der Waals surface area contributed by atoms with Crippen molar-refractivity contribution in [3.8, 4) is 11.8 Å². The molecule has 1 rings (SSSR count). The number of carbonyl (C=O) groups is 1. The molecule has 0 aliphatic heterocycles. The Morgan fingerprint density at radius 3 is 2.60 bits per heavy atom. The van der Waals surface area contributed by atoms with Crippen molar-refractivity contribution in [3.63, 3.8) is 0 Å². The largest absolute Gasteiger partial charge is 0.466 e. The minimum absolute atomic E-state index is 0.298. The van der Waals surface area contributed by atoms with E-state index in [1.807, 2.05) is 0 Å². The van der Waals surface area contributed by atoms with Crippen molar-refractivity contribution in [2.24, 2.45) is 5.92 Å². The Morgan fingerprint density at radius 1 is 1.33 bits per heavy atom. The molecule has 2 heteroatoms. The number of carbonyl (C=O) groups excluding carboxylic acids is 1. The average Bonchev–Trinajstić information content (AvgIpc) is 2.29. The lowest BCUT2D eigenvalue weighted by Gasteiger charge is -2.15. The third-order valence-electron chi connectivity index (χ3n) is 2.69. The first-order valence-corrected chi connectivity index (χ1v) is 5.50. The first kappa shape index (κ1) is 11.8. The molecule has 1 aliphatic carbocycles. The van der Waals surface area contributed by atoms with Crippen molar-refractivity contribution in [3.05, 3.63) is 11.6 Å². The molecule has 1 saturated carbocycles. The molecule has 0 radical (unpaired) electrons. The lowest BCUT2D eigenvalue weighted by atomic mass is 9.90. The normalized spacial score (nSPS) is 17.9. The van der Waals surface area contributed by atoms with E-state index in [-0.39, 0.29) is 5.97 Å². The summed E-state index contributed by atoms with van der Waals surface area (Å²) in [7, 11) is 1.38. The van der Waals surface area contributed by atoms with Gasteiger partial charge in [0.05, 0.1) is 7.11 Å². The number of hydrogen-bond acceptors (Lipinski definition) is 2. The molecule has 0 bridgehead atoms. The molecular formula is C13H18O2. The molecular weight excluding hydrogens is 188 g/mol. The summed E-state index contributed by atoms with van der Waals surface area (Å²) < 4.78 is 4.58. The van der Waals surface area contributed by atoms with Crippen molar-refractivity contribution < 1.29 is 9.53 Å². The number of esters is 1. The van der Waals surface area contributed by atoms with Gasteiger partial charge in [-0.15, -0.1) is 0 Å². The van der Waals surface area contributed by atoms with Crippen LogP contribution in [0.25, 0.3) is 0 Å². The highest BCUT2D eigenvalue weighted by Crippen LogP contribution is 2.22. The molecule has 0 aromatic rings. The third kappa shape index (κ3) is 4.20. The Bertz CT molecular complexity index is 298. The van der Waals surface area contributed by atoms with Crippen LogP contribution < -0.4 is 0 Å². The van der Waals surface area contributed by atoms with Gasteiger partial charge in [-0.3, -0.25) is 0 Å². The maximum atomic E-state index is 11.0. The lowest BCUT2D eigenvalue weighted by Crippen LogP contribution is -2.03. The predicted molar refractivity (Wildman–Crippen MR) is 60.1 cm³/mol. The van der Waals surface area contributed by atoms with Crippen molar-refractivity contribution in [1.82, 2.24) is 0 Å². The summed E-state index contributed by atoms with van der Waals surface area (Å²) in [6.45, 7) is 1.72. The quantitative estimate of drug-likeness (QED) is 0.374. The zero-order valence-electron chi connectivity index (χ0n) is 9.51. The molecule has 15 heavy (non-hydrogen) atoms. The molecule has 0 heterocycles. The molecule has 1 fully saturated rings. The van der Waals surface area contributed by atoms with E-state index in [1.165, 1.54) is 39.2 Å². The van der Waals surface area contributed by atoms with E-state index in [4.69, 9.17) is 0 Å². The van der Waals surface area contributed by atoms with Gasteiger partial charge in [-0.2, -0.15) is 0 Å². The topological polar surface area (TPSA) is 26.3 Å². The second-order valence-electron chi connectivity index (χ2n) is 3.94. The van der Waals surface area contributed by atoms with Crippen LogP contribution in [0.5, 0.6) is 0 Å². The molecule has 0 saturated heterocycles. The molecule has 82 valence electrons. The minimum Gasteiger partial charge on any atom is -0.466 e. The van der Waals surface area contributed by atoms with Gasteiger partial charge in [-0.05, 0) is 25.8 Å². The number of allylic oxidation sites excluding steroid dienone is 1. The molecule has 0 N–H and O–H groups in total. The summed E-state index contributed by atoms with van der Waals surface area (Å²) in [6, 6.07) is 0. The molecule has 0 aromatic heterocycles. The van der Waals surface area contributed by atoms with Gasteiger partial charge < -0.3 is 4.74 Å². The maximum Gasteiger partial charge on any atom is 0.334 e. The number of methoxy groups -OCH3 is 1. The summed E-state index contributed by atoms with van der Waals surface area (Å²) in [5.41, 5.74) is 0.570. The fraction of sp³-hybridized carbons (Fsp3) is 0.615. The molecule has 0 atom stereocenters. The van der Waals surface area contributed by atoms with E-state index in [0.717, 1.165) is 0 Å². The molecule has 0 spiro atoms. The smallest absolute Gasteiger partial charge is 0.334 e. The van der Waals surface area contributed by atoms with E-state index >= 15 is 0 Å². The fourth-order valence-corrected chi connectivity index (χ4v) is 1.73. The van der Waals surface area contributed by atoms with Crippen LogP contribution >= 0.6 is 0 Å². The summed E-state index contributed by atoms with van der Waals surface area (Å²) in [4.78, 5) is 11.0. The molecule has 1 aliphatic rings. The van der Waals surface area contributed by atoms with Crippen molar-refractivity contribution in [2.75, 3.05) is 7.11 Å². The van der Waals surface area contributed by atoms with Crippen LogP contribution in [-0.4, -0.2) is 13.1 Å². The number of ether oxygens (including phenoxy) is 1. The zero-order valence-corrected chi connectivity index (χ0v) is 9.51. The first-order valence-electron chi connectivity index (χ1n) is 5.50. The van der Waals surface area contributed by atoms with Crippen molar-refractivity contribution >= 4 is 5.97 Å². The van der Waals surface area contributed by atoms with Crippen LogP contribution in [0, 0.1) is 17.8 Å². The Kier molecular flexibility index (Phi) is 4.97. The zero-order chi connectivity index (χ0) is 11.1. The van der Waals surface area contributed by atoms with Crippen LogP contribution in [0.3, 0.4) is 0 Å². The van der Waals surface area contributed by atoms with Gasteiger partial charge in [0, 0.05) is 11.5 Å². The first-order chi connectivity index (χ1) is 7.24. The molecule has 0 unspecified atom stereocenters. The Labute approximate surface area is 91.7 Å². The summed E-state index contributed by atoms with van der Waals surface area (Å²) in [5, 5.41) is 0. The van der Waals surface area contributed by atoms with Gasteiger partial charge in [0.15, 0.2) is 0 Å². The van der Waals surface area contributed by atoms with E-state index in [1.54, 1.807) is 13.0 Å². The van der Waals surface area contributed by atoms with E-state index in [2.05, 4.69) is 16.6 Å². The van der Waals surface area contributed by atoms with Crippen molar-refractivity contribution in [2.45, 2.75) is 39.0 Å². The Balaban J connectivity index is 2.46. The van der Waals surface area contributed by atoms with E-state index < -0.39 is 0 Å². The van der Waals surface area contributed by atoms with Gasteiger partial charge in [-0.25, -0.2) is 4.79 Å². The Hall–Kier alpha value is -1.23. The summed E-state index contributed by atoms with van der Waals surface area (Å²) in [6.07, 6.45) is 7.99. The predicted octanol–water partition coefficient (Wildman–Crippen LogP) is 2.69. The number of rotatable bonds is 1. The van der Waals surface area contributed by atoms with Crippen LogP contribution in [0.2, 0.25) is 0 Å². The third-order valence-corrected chi connectivity index (χ3v) is 2.69. The highest BCUT2D eigenvalue weighted by atomic mass is 16.5. The van der Waals surface area contributed by atoms with Crippen LogP contribution in [0.1, 0.15) is 39.0 Å². The van der Waals surface area contributed by atoms with Gasteiger partial charge in [0.1, 0.15) is 0 Å². The SMILES string of the molecule is COC(=O)/C(C)=C/C#CC1CCCCC1. The van der Waals surface area contributed by atoms with Crippen LogP contribution in [-0.2, 0) is 9.53 Å². The lowest BCUT2D eigenvalue weighted by molar-refractivity contribution is -0.136. The average molecular weight is 206 g/mol. The molecule has 0 aromatic carbocycles. The van der Waals surface area contributed by atoms with Gasteiger partial charge in [-0.1, -0.05) is 31.1 Å². The summed E-state index contributed by atoms with van der Waals surface area (Å²) in [5.74, 6) is 6.38. The van der Waals surface area contributed by atoms with Crippen molar-refractivity contribution in [1.29, 1.82) is 0 Å². The molecule has 2 nitrogen and oxygen atoms in total. The van der Waals surface area contributed by atoms with Gasteiger partial charge >= 0.3 is 5.97 Å². The van der Waals surface area contributed by atoms with Crippen LogP contribution in [0.4, 0.5) is 0 Å². The number of hydrogen-bond donors (Lipinski definition) is 0. The van der Waals surface area contributed by atoms with E-state index in [9.17, 15) is 4.79 Å². The minimum atomic E-state index is -0.298. The highest BCUT2D eigenvalue weighted by molar-refractivity contribution is 5.88. The van der Waals surface area contributed by atoms with Gasteiger partial charge in [0.25, 0.3) is 0 Å². The second-order valence-corrected chi connectivity index (χ2v) is 3.94. The standard InChI is InChI=1S/C13H18O2/c1-11(13(14)15-2)7-6-10-12-8-4-3-5-9-12/h7,12H,3-5,8-9H2,1-2H3/b11-7+. The Morgan fingerprint density at radius 2 is 2.00 bits per heavy atom. The highest BCUT2D eigenvalue weighted by Gasteiger charge is 2.09. The fourth-order valence-electron chi connectivity index (χ4n) is 1.73. The van der Waals surface area contributed by atoms with Crippen LogP contribution in [0.15, 0.2) is 11.6 Å². The second kappa shape index (κ2) is 6.29. The monoisotopic (exact) mass is 206 g/mol. The van der Waals surface area contributed by atoms with E-state index in [0.29, 0.717) is 11.5 Å².